The van der Waals surface area contributed by atoms with Crippen LogP contribution in [0.4, 0.5) is 4.79 Å². The Balaban J connectivity index is 1.03. The Morgan fingerprint density at radius 1 is 0.857 bits per heavy atom. The SMILES string of the molecule is CCN[C@H]1CO[C@@H](O[C@H]2[C@H](O[C@H]3C#C/C=C/C#C[C@]4(O)CC(=O)C(NC(=O)OC)=C3/C4=C\CSSC(C)(C)c3ccccc3)O[C@H](C)[C@@H](NO[C@H]3C[C@H](O)[C@H](SC(=O)c4c(C)c(I)c(O[C@@H]5O[C@@H](C)[C@H](O)[C@@H](OC)[C@H]5O)c(OC)c4OC)[C@@H](C)O3)[C@@H]2O)C[C@@H]1OC. The Hall–Kier alpha value is -4.07. The molecule has 0 unspecified atom stereocenters. The average molecular weight is 1440 g/mol. The summed E-state index contributed by atoms with van der Waals surface area (Å²) in [6, 6.07) is 8.69. The van der Waals surface area contributed by atoms with Crippen LogP contribution in [0.2, 0.25) is 0 Å². The fraction of sp³-hybridized carbons (Fsp3) is 0.603. The van der Waals surface area contributed by atoms with Gasteiger partial charge in [-0.15, -0.1) is 0 Å². The number of halogens is 1. The molecule has 4 heterocycles. The predicted molar refractivity (Wildman–Crippen MR) is 346 cm³/mol. The first-order chi connectivity index (χ1) is 43.4. The molecule has 500 valence electrons. The Bertz CT molecular complexity index is 3110. The maximum atomic E-state index is 14.5. The molecule has 2 aromatic rings. The number of ether oxygens (including phenoxy) is 12. The number of ketones is 1. The maximum absolute atomic E-state index is 14.5. The third-order valence-electron chi connectivity index (χ3n) is 16.4. The molecule has 0 aromatic heterocycles. The van der Waals surface area contributed by atoms with Gasteiger partial charge < -0.3 is 87.7 Å². The van der Waals surface area contributed by atoms with Crippen LogP contribution < -0.4 is 30.3 Å². The van der Waals surface area contributed by atoms with E-state index in [2.05, 4.69) is 53.6 Å². The summed E-state index contributed by atoms with van der Waals surface area (Å²) >= 11 is 2.83. The van der Waals surface area contributed by atoms with E-state index in [0.717, 1.165) is 24.4 Å². The number of rotatable bonds is 23. The highest BCUT2D eigenvalue weighted by Gasteiger charge is 2.52. The van der Waals surface area contributed by atoms with Crippen LogP contribution in [0.15, 0.2) is 65.4 Å². The molecule has 0 spiro atoms. The monoisotopic (exact) mass is 1440 g/mol. The Kier molecular flexibility index (Phi) is 26.0. The molecule has 2 aromatic carbocycles. The molecule has 24 nitrogen and oxygen atoms in total. The summed E-state index contributed by atoms with van der Waals surface area (Å²) in [6.45, 7) is 13.6. The molecule has 4 fully saturated rings. The highest BCUT2D eigenvalue weighted by atomic mass is 127. The molecule has 4 aliphatic heterocycles. The van der Waals surface area contributed by atoms with E-state index in [-0.39, 0.29) is 81.7 Å². The van der Waals surface area contributed by atoms with Crippen molar-refractivity contribution in [2.24, 2.45) is 0 Å². The number of carbonyl (C=O) groups is 3. The molecule has 1 amide bonds. The number of methoxy groups -OCH3 is 5. The molecule has 91 heavy (non-hydrogen) atoms. The van der Waals surface area contributed by atoms with E-state index in [4.69, 9.17) is 61.7 Å². The van der Waals surface area contributed by atoms with Crippen molar-refractivity contribution in [3.8, 4) is 40.9 Å². The molecule has 2 bridgehead atoms. The summed E-state index contributed by atoms with van der Waals surface area (Å²) in [5, 5.41) is 63.2. The van der Waals surface area contributed by atoms with E-state index in [0.29, 0.717) is 15.7 Å². The maximum Gasteiger partial charge on any atom is 0.411 e. The van der Waals surface area contributed by atoms with Gasteiger partial charge in [0, 0.05) is 48.7 Å². The largest absolute Gasteiger partial charge is 0.492 e. The van der Waals surface area contributed by atoms with Gasteiger partial charge in [-0.2, -0.15) is 5.48 Å². The first-order valence-electron chi connectivity index (χ1n) is 29.7. The number of nitrogens with one attached hydrogen (secondary N) is 3. The number of allylic oxidation sites excluding steroid dienone is 3. The molecule has 8 rings (SSSR count). The highest BCUT2D eigenvalue weighted by Crippen LogP contribution is 2.50. The number of carbonyl (C=O) groups excluding carboxylic acids is 3. The van der Waals surface area contributed by atoms with Gasteiger partial charge in [-0.3, -0.25) is 19.7 Å². The molecule has 4 saturated heterocycles. The molecule has 19 atom stereocenters. The number of alkyl carbamates (subject to hydrolysis) is 1. The molecule has 6 aliphatic rings. The topological polar surface area (TPSA) is 308 Å². The van der Waals surface area contributed by atoms with Crippen molar-refractivity contribution >= 4 is 72.9 Å². The zero-order chi connectivity index (χ0) is 66.1. The fourth-order valence-electron chi connectivity index (χ4n) is 11.5. The lowest BCUT2D eigenvalue weighted by molar-refractivity contribution is -0.336. The third-order valence-corrected chi connectivity index (χ3v) is 22.2. The number of likely N-dealkylation sites (N-methyl/N-ethyl adjacent to an activating group) is 1. The number of aliphatic hydroxyl groups is 5. The van der Waals surface area contributed by atoms with Gasteiger partial charge in [0.15, 0.2) is 41.8 Å². The first kappa shape index (κ1) is 72.8. The van der Waals surface area contributed by atoms with Gasteiger partial charge in [0.1, 0.15) is 36.6 Å². The smallest absolute Gasteiger partial charge is 0.411 e. The molecule has 8 N–H and O–H groups in total. The fourth-order valence-corrected chi connectivity index (χ4v) is 15.7. The second-order valence-electron chi connectivity index (χ2n) is 22.8. The van der Waals surface area contributed by atoms with E-state index in [9.17, 15) is 39.9 Å². The normalized spacial score (nSPS) is 34.2. The van der Waals surface area contributed by atoms with Crippen LogP contribution in [0.5, 0.6) is 17.2 Å². The second-order valence-corrected chi connectivity index (χ2v) is 28.0. The van der Waals surface area contributed by atoms with Crippen molar-refractivity contribution in [1.82, 2.24) is 16.1 Å². The van der Waals surface area contributed by atoms with Crippen LogP contribution in [0.1, 0.15) is 82.3 Å². The summed E-state index contributed by atoms with van der Waals surface area (Å²) in [6.07, 6.45) is -14.0. The zero-order valence-electron chi connectivity index (χ0n) is 52.6. The number of amides is 1. The molecular weight excluding hydrogens is 1360 g/mol. The van der Waals surface area contributed by atoms with Crippen LogP contribution in [0.3, 0.4) is 0 Å². The first-order valence-corrected chi connectivity index (χ1v) is 34.0. The molecule has 28 heteroatoms. The van der Waals surface area contributed by atoms with E-state index < -0.39 is 127 Å². The van der Waals surface area contributed by atoms with Crippen LogP contribution in [-0.2, 0) is 57.0 Å². The number of fused-ring (bicyclic) bond motifs is 2. The van der Waals surface area contributed by atoms with Crippen LogP contribution in [-0.4, -0.2) is 212 Å². The van der Waals surface area contributed by atoms with Gasteiger partial charge in [0.25, 0.3) is 0 Å². The van der Waals surface area contributed by atoms with Crippen molar-refractivity contribution in [2.75, 3.05) is 54.5 Å². The lowest BCUT2D eigenvalue weighted by atomic mass is 9.75. The van der Waals surface area contributed by atoms with Crippen molar-refractivity contribution in [2.45, 2.75) is 188 Å². The third kappa shape index (κ3) is 16.8. The predicted octanol–water partition coefficient (Wildman–Crippen LogP) is 4.85. The second kappa shape index (κ2) is 32.6. The molecule has 0 saturated carbocycles. The van der Waals surface area contributed by atoms with Crippen molar-refractivity contribution in [3.63, 3.8) is 0 Å². The van der Waals surface area contributed by atoms with Gasteiger partial charge in [-0.1, -0.05) is 100 Å². The van der Waals surface area contributed by atoms with Gasteiger partial charge in [-0.25, -0.2) is 4.79 Å². The lowest BCUT2D eigenvalue weighted by Crippen LogP contribution is -2.65. The average Bonchev–Trinajstić information content (AvgIpc) is 1.05. The number of hydrogen-bond donors (Lipinski definition) is 8. The minimum Gasteiger partial charge on any atom is -0.492 e. The van der Waals surface area contributed by atoms with Gasteiger partial charge in [0.05, 0.1) is 97.0 Å². The Morgan fingerprint density at radius 2 is 1.57 bits per heavy atom. The number of thioether (sulfide) groups is 1. The van der Waals surface area contributed by atoms with Crippen LogP contribution in [0.25, 0.3) is 0 Å². The van der Waals surface area contributed by atoms with Gasteiger partial charge in [-0.05, 0) is 94.0 Å². The summed E-state index contributed by atoms with van der Waals surface area (Å²) in [5.41, 5.74) is 2.33. The van der Waals surface area contributed by atoms with Crippen molar-refractivity contribution in [3.05, 3.63) is 85.7 Å². The summed E-state index contributed by atoms with van der Waals surface area (Å²) < 4.78 is 72.7. The lowest BCUT2D eigenvalue weighted by Gasteiger charge is -2.46. The Labute approximate surface area is 556 Å². The molecule has 0 radical (unpaired) electrons. The summed E-state index contributed by atoms with van der Waals surface area (Å²) in [4.78, 5) is 48.1. The quantitative estimate of drug-likeness (QED) is 0.0242. The number of benzene rings is 2. The standard InChI is InChI=1S/C63H82IN3O21S3/c1-13-65-37-30-81-42(28-41(37)76-8)86-55-50(71)47(67-88-43-27-38(68)57(34(5)82-43)90-58(73)44-31(2)46(64)53(56(79-11)52(44)77-9)87-59-51(72)54(78-10)49(70)33(4)84-59)32(3)83-60(55)85-40-23-19-14-15-20-25-63(75)29-39(69)48(66-61(74)80-12)45(40)36(63)24-26-89-91-62(6,7)35-21-17-16-18-22-35/h14-18,21-22,24,32-34,37-38,40-43,47,49-51,54-55,57,59-60,65,67-68,70-72,75H,13,26-30H2,1-12H3,(H,66,74)/b15-14+,36-24+/t32-,33+,34-,37+,38+,40+,41+,42+,43+,47-,49+,50+,51-,54-,55-,57-,59+,60+,63+/m1/s1. The molecule has 2 aliphatic carbocycles. The van der Waals surface area contributed by atoms with E-state index >= 15 is 0 Å². The van der Waals surface area contributed by atoms with E-state index in [1.807, 2.05) is 59.8 Å². The van der Waals surface area contributed by atoms with Crippen molar-refractivity contribution in [1.29, 1.82) is 0 Å². The van der Waals surface area contributed by atoms with Gasteiger partial charge in [0.2, 0.25) is 17.2 Å². The van der Waals surface area contributed by atoms with E-state index in [1.165, 1.54) is 44.3 Å². The van der Waals surface area contributed by atoms with Crippen molar-refractivity contribution < 1.29 is 102 Å². The van der Waals surface area contributed by atoms with Crippen LogP contribution >= 0.6 is 55.9 Å². The van der Waals surface area contributed by atoms with E-state index in [1.54, 1.807) is 51.7 Å². The number of hydroxylamine groups is 1. The Morgan fingerprint density at radius 3 is 2.24 bits per heavy atom. The highest BCUT2D eigenvalue weighted by molar-refractivity contribution is 14.1. The minimum absolute atomic E-state index is 0.0246. The zero-order valence-corrected chi connectivity index (χ0v) is 57.2. The summed E-state index contributed by atoms with van der Waals surface area (Å²) in [5.74, 6) is 11.4. The molecular formula is C63H82IN3O21S3. The van der Waals surface area contributed by atoms with Gasteiger partial charge >= 0.3 is 6.09 Å². The van der Waals surface area contributed by atoms with Crippen LogP contribution in [0, 0.1) is 34.2 Å². The summed E-state index contributed by atoms with van der Waals surface area (Å²) in [7, 11) is 9.90. The number of aliphatic hydroxyl groups excluding tert-OH is 4. The number of Topliss-reactive ketones (excluding diaryl/α,β-unsaturated/α-hetero) is 1. The minimum atomic E-state index is -2.10. The number of hydrogen-bond acceptors (Lipinski definition) is 26.